The SMILES string of the molecule is CC(Nc1ccc(C(=O)NCCc2ccc(OC(F)F)cc2)cc1[N+](=O)[O-])c1ccccn1. The van der Waals surface area contributed by atoms with Crippen molar-refractivity contribution in [3.63, 3.8) is 0 Å². The Kier molecular flexibility index (Phi) is 7.85. The summed E-state index contributed by atoms with van der Waals surface area (Å²) >= 11 is 0. The Morgan fingerprint density at radius 3 is 2.55 bits per heavy atom. The summed E-state index contributed by atoms with van der Waals surface area (Å²) in [5.74, 6) is -0.406. The van der Waals surface area contributed by atoms with E-state index in [9.17, 15) is 23.7 Å². The Morgan fingerprint density at radius 1 is 1.15 bits per heavy atom. The van der Waals surface area contributed by atoms with E-state index in [1.54, 1.807) is 24.4 Å². The van der Waals surface area contributed by atoms with Gasteiger partial charge in [0.05, 0.1) is 16.7 Å². The van der Waals surface area contributed by atoms with Crippen molar-refractivity contribution in [1.29, 1.82) is 0 Å². The van der Waals surface area contributed by atoms with Crippen molar-refractivity contribution in [2.24, 2.45) is 0 Å². The van der Waals surface area contributed by atoms with Crippen molar-refractivity contribution in [3.05, 3.63) is 93.8 Å². The van der Waals surface area contributed by atoms with Crippen LogP contribution >= 0.6 is 0 Å². The molecular formula is C23H22F2N4O4. The number of amides is 1. The van der Waals surface area contributed by atoms with Crippen LogP contribution in [0.1, 0.15) is 34.6 Å². The molecule has 0 aliphatic heterocycles. The fraction of sp³-hybridized carbons (Fsp3) is 0.217. The van der Waals surface area contributed by atoms with Crippen molar-refractivity contribution >= 4 is 17.3 Å². The Bertz CT molecular complexity index is 1100. The molecule has 33 heavy (non-hydrogen) atoms. The van der Waals surface area contributed by atoms with E-state index < -0.39 is 17.4 Å². The van der Waals surface area contributed by atoms with Crippen molar-refractivity contribution < 1.29 is 23.2 Å². The van der Waals surface area contributed by atoms with Gasteiger partial charge in [-0.2, -0.15) is 8.78 Å². The third kappa shape index (κ3) is 6.70. The van der Waals surface area contributed by atoms with Crippen LogP contribution in [0.2, 0.25) is 0 Å². The largest absolute Gasteiger partial charge is 0.435 e. The number of alkyl halides is 2. The van der Waals surface area contributed by atoms with Crippen LogP contribution in [-0.4, -0.2) is 29.0 Å². The van der Waals surface area contributed by atoms with Gasteiger partial charge in [0.2, 0.25) is 0 Å². The highest BCUT2D eigenvalue weighted by molar-refractivity contribution is 5.95. The number of halogens is 2. The number of pyridine rings is 1. The Balaban J connectivity index is 1.61. The zero-order chi connectivity index (χ0) is 23.8. The van der Waals surface area contributed by atoms with Crippen molar-refractivity contribution in [2.45, 2.75) is 26.0 Å². The predicted octanol–water partition coefficient (Wildman–Crippen LogP) is 4.74. The fourth-order valence-electron chi connectivity index (χ4n) is 3.15. The van der Waals surface area contributed by atoms with E-state index in [-0.39, 0.29) is 35.3 Å². The molecule has 1 atom stereocenters. The third-order valence-corrected chi connectivity index (χ3v) is 4.81. The second kappa shape index (κ2) is 11.0. The number of benzene rings is 2. The standard InChI is InChI=1S/C23H22F2N4O4/c1-15(19-4-2-3-12-26-19)28-20-10-7-17(14-21(20)29(31)32)22(30)27-13-11-16-5-8-18(9-6-16)33-23(24)25/h2-10,12,14-15,23,28H,11,13H2,1H3,(H,27,30). The molecule has 3 aromatic rings. The van der Waals surface area contributed by atoms with Gasteiger partial charge in [-0.3, -0.25) is 19.9 Å². The van der Waals surface area contributed by atoms with Crippen LogP contribution in [0.3, 0.4) is 0 Å². The van der Waals surface area contributed by atoms with E-state index in [1.165, 1.54) is 30.3 Å². The third-order valence-electron chi connectivity index (χ3n) is 4.81. The number of aromatic nitrogens is 1. The van der Waals surface area contributed by atoms with Crippen LogP contribution in [0.5, 0.6) is 5.75 Å². The summed E-state index contributed by atoms with van der Waals surface area (Å²) in [4.78, 5) is 27.7. The van der Waals surface area contributed by atoms with Crippen LogP contribution in [0.25, 0.3) is 0 Å². The van der Waals surface area contributed by atoms with Gasteiger partial charge in [0.25, 0.3) is 11.6 Å². The number of hydrogen-bond donors (Lipinski definition) is 2. The molecule has 0 aliphatic rings. The summed E-state index contributed by atoms with van der Waals surface area (Å²) in [7, 11) is 0. The van der Waals surface area contributed by atoms with E-state index in [0.717, 1.165) is 11.3 Å². The normalized spacial score (nSPS) is 11.6. The van der Waals surface area contributed by atoms with Crippen LogP contribution in [0.15, 0.2) is 66.9 Å². The number of carbonyl (C=O) groups is 1. The van der Waals surface area contributed by atoms with Gasteiger partial charge in [-0.15, -0.1) is 0 Å². The zero-order valence-corrected chi connectivity index (χ0v) is 17.7. The summed E-state index contributed by atoms with van der Waals surface area (Å²) < 4.78 is 28.7. The molecule has 2 N–H and O–H groups in total. The lowest BCUT2D eigenvalue weighted by Crippen LogP contribution is -2.25. The highest BCUT2D eigenvalue weighted by atomic mass is 19.3. The van der Waals surface area contributed by atoms with Gasteiger partial charge in [0.15, 0.2) is 0 Å². The lowest BCUT2D eigenvalue weighted by molar-refractivity contribution is -0.384. The lowest BCUT2D eigenvalue weighted by atomic mass is 10.1. The maximum absolute atomic E-state index is 12.5. The Hall–Kier alpha value is -4.08. The maximum Gasteiger partial charge on any atom is 0.387 e. The van der Waals surface area contributed by atoms with Crippen LogP contribution in [0, 0.1) is 10.1 Å². The summed E-state index contributed by atoms with van der Waals surface area (Å²) in [6.45, 7) is -0.795. The molecule has 0 fully saturated rings. The molecule has 0 saturated heterocycles. The fourth-order valence-corrected chi connectivity index (χ4v) is 3.15. The van der Waals surface area contributed by atoms with Gasteiger partial charge in [-0.25, -0.2) is 0 Å². The number of nitrogens with zero attached hydrogens (tertiary/aromatic N) is 2. The topological polar surface area (TPSA) is 106 Å². The lowest BCUT2D eigenvalue weighted by Gasteiger charge is -2.15. The van der Waals surface area contributed by atoms with E-state index in [0.29, 0.717) is 6.42 Å². The molecule has 0 saturated carbocycles. The number of rotatable bonds is 10. The molecule has 172 valence electrons. The van der Waals surface area contributed by atoms with Crippen molar-refractivity contribution in [1.82, 2.24) is 10.3 Å². The van der Waals surface area contributed by atoms with Gasteiger partial charge >= 0.3 is 6.61 Å². The first-order chi connectivity index (χ1) is 15.8. The highest BCUT2D eigenvalue weighted by Crippen LogP contribution is 2.29. The molecule has 3 rings (SSSR count). The number of carbonyl (C=O) groups excluding carboxylic acids is 1. The molecule has 10 heteroatoms. The molecule has 8 nitrogen and oxygen atoms in total. The number of ether oxygens (including phenoxy) is 1. The average Bonchev–Trinajstić information content (AvgIpc) is 2.80. The molecule has 1 unspecified atom stereocenters. The first kappa shape index (κ1) is 23.6. The minimum Gasteiger partial charge on any atom is -0.435 e. The molecule has 1 amide bonds. The summed E-state index contributed by atoms with van der Waals surface area (Å²) in [5.41, 5.74) is 1.74. The quantitative estimate of drug-likeness (QED) is 0.337. The minimum absolute atomic E-state index is 0.0520. The van der Waals surface area contributed by atoms with E-state index in [2.05, 4.69) is 20.4 Å². The highest BCUT2D eigenvalue weighted by Gasteiger charge is 2.19. The number of nitrogens with one attached hydrogen (secondary N) is 2. The van der Waals surface area contributed by atoms with Crippen molar-refractivity contribution in [3.8, 4) is 5.75 Å². The second-order valence-corrected chi connectivity index (χ2v) is 7.14. The molecule has 0 radical (unpaired) electrons. The molecule has 0 aliphatic carbocycles. The van der Waals surface area contributed by atoms with Gasteiger partial charge in [-0.1, -0.05) is 18.2 Å². The number of nitro groups is 1. The predicted molar refractivity (Wildman–Crippen MR) is 118 cm³/mol. The zero-order valence-electron chi connectivity index (χ0n) is 17.7. The summed E-state index contributed by atoms with van der Waals surface area (Å²) in [5, 5.41) is 17.3. The number of anilines is 1. The summed E-state index contributed by atoms with van der Waals surface area (Å²) in [6.07, 6.45) is 2.09. The van der Waals surface area contributed by atoms with E-state index in [1.807, 2.05) is 19.1 Å². The number of hydrogen-bond acceptors (Lipinski definition) is 6. The molecule has 2 aromatic carbocycles. The maximum atomic E-state index is 12.5. The number of nitro benzene ring substituents is 1. The van der Waals surface area contributed by atoms with Gasteiger partial charge < -0.3 is 15.4 Å². The smallest absolute Gasteiger partial charge is 0.387 e. The summed E-state index contributed by atoms with van der Waals surface area (Å²) in [6, 6.07) is 15.5. The molecular weight excluding hydrogens is 434 g/mol. The van der Waals surface area contributed by atoms with E-state index >= 15 is 0 Å². The molecule has 0 spiro atoms. The first-order valence-electron chi connectivity index (χ1n) is 10.1. The first-order valence-corrected chi connectivity index (χ1v) is 10.1. The van der Waals surface area contributed by atoms with Crippen LogP contribution in [-0.2, 0) is 6.42 Å². The Morgan fingerprint density at radius 2 is 1.91 bits per heavy atom. The van der Waals surface area contributed by atoms with Gasteiger partial charge in [0.1, 0.15) is 11.4 Å². The van der Waals surface area contributed by atoms with Crippen LogP contribution < -0.4 is 15.4 Å². The minimum atomic E-state index is -2.89. The average molecular weight is 456 g/mol. The molecule has 0 bridgehead atoms. The second-order valence-electron chi connectivity index (χ2n) is 7.14. The molecule has 1 heterocycles. The van der Waals surface area contributed by atoms with Crippen LogP contribution in [0.4, 0.5) is 20.2 Å². The molecule has 1 aromatic heterocycles. The monoisotopic (exact) mass is 456 g/mol. The van der Waals surface area contributed by atoms with Gasteiger partial charge in [-0.05, 0) is 55.3 Å². The van der Waals surface area contributed by atoms with Gasteiger partial charge in [0, 0.05) is 24.4 Å². The Labute approximate surface area is 188 Å². The van der Waals surface area contributed by atoms with Crippen molar-refractivity contribution in [2.75, 3.05) is 11.9 Å². The van der Waals surface area contributed by atoms with E-state index in [4.69, 9.17) is 0 Å².